The van der Waals surface area contributed by atoms with E-state index in [1.165, 1.54) is 37.7 Å². The van der Waals surface area contributed by atoms with Gasteiger partial charge in [0.25, 0.3) is 0 Å². The van der Waals surface area contributed by atoms with Crippen LogP contribution in [0.1, 0.15) is 62.7 Å². The van der Waals surface area contributed by atoms with Crippen LogP contribution >= 0.6 is 0 Å². The van der Waals surface area contributed by atoms with Gasteiger partial charge in [0.15, 0.2) is 11.8 Å². The van der Waals surface area contributed by atoms with Crippen LogP contribution in [0.5, 0.6) is 5.75 Å². The van der Waals surface area contributed by atoms with E-state index >= 15 is 0 Å². The van der Waals surface area contributed by atoms with E-state index in [-0.39, 0.29) is 0 Å². The molecule has 2 N–H and O–H groups in total. The molecule has 3 rings (SSSR count). The standard InChI is InChI=1S/C23H36N6O/c1-4-15-30-21-12-8-9-19(16-21)13-14-24-23(26-20-10-6-5-7-11-20)25-17-22-28-27-18(2)29(22)3/h8-9,12,16,20H,4-7,10-11,13-15,17H2,1-3H3,(H2,24,25,26). The Labute approximate surface area is 180 Å². The number of aryl methyl sites for hydroxylation is 1. The van der Waals surface area contributed by atoms with Crippen LogP contribution in [0.4, 0.5) is 0 Å². The average Bonchev–Trinajstić information content (AvgIpc) is 3.09. The lowest BCUT2D eigenvalue weighted by atomic mass is 9.96. The number of aliphatic imine (C=N–C) groups is 1. The first kappa shape index (κ1) is 22.1. The molecular weight excluding hydrogens is 376 g/mol. The van der Waals surface area contributed by atoms with Gasteiger partial charge in [-0.25, -0.2) is 4.99 Å². The molecule has 0 unspecified atom stereocenters. The third-order valence-electron chi connectivity index (χ3n) is 5.58. The zero-order chi connectivity index (χ0) is 21.2. The molecule has 1 saturated carbocycles. The van der Waals surface area contributed by atoms with Crippen LogP contribution in [0.25, 0.3) is 0 Å². The van der Waals surface area contributed by atoms with Crippen LogP contribution in [0, 0.1) is 6.92 Å². The first-order chi connectivity index (χ1) is 14.7. The summed E-state index contributed by atoms with van der Waals surface area (Å²) < 4.78 is 7.74. The molecule has 0 aliphatic heterocycles. The minimum Gasteiger partial charge on any atom is -0.494 e. The molecule has 164 valence electrons. The van der Waals surface area contributed by atoms with Crippen molar-refractivity contribution in [1.82, 2.24) is 25.4 Å². The third kappa shape index (κ3) is 6.75. The Morgan fingerprint density at radius 2 is 2.07 bits per heavy atom. The highest BCUT2D eigenvalue weighted by Gasteiger charge is 2.15. The van der Waals surface area contributed by atoms with Gasteiger partial charge in [0.1, 0.15) is 18.1 Å². The molecule has 0 bridgehead atoms. The lowest BCUT2D eigenvalue weighted by molar-refractivity contribution is 0.317. The van der Waals surface area contributed by atoms with Crippen molar-refractivity contribution in [2.75, 3.05) is 13.2 Å². The lowest BCUT2D eigenvalue weighted by Gasteiger charge is -2.25. The van der Waals surface area contributed by atoms with Crippen molar-refractivity contribution in [3.8, 4) is 5.75 Å². The number of ether oxygens (including phenoxy) is 1. The van der Waals surface area contributed by atoms with E-state index in [1.807, 2.05) is 24.6 Å². The first-order valence-electron chi connectivity index (χ1n) is 11.3. The van der Waals surface area contributed by atoms with Gasteiger partial charge in [-0.05, 0) is 50.3 Å². The second-order valence-electron chi connectivity index (χ2n) is 8.04. The summed E-state index contributed by atoms with van der Waals surface area (Å²) in [5.74, 6) is 3.58. The van der Waals surface area contributed by atoms with Crippen LogP contribution in [0.15, 0.2) is 29.3 Å². The molecular formula is C23H36N6O. The van der Waals surface area contributed by atoms with Gasteiger partial charge in [-0.2, -0.15) is 0 Å². The molecule has 2 aromatic rings. The molecule has 0 radical (unpaired) electrons. The number of nitrogens with one attached hydrogen (secondary N) is 2. The summed E-state index contributed by atoms with van der Waals surface area (Å²) in [6.45, 7) is 6.16. The molecule has 1 heterocycles. The van der Waals surface area contributed by atoms with Crippen LogP contribution in [0.2, 0.25) is 0 Å². The molecule has 7 heteroatoms. The summed E-state index contributed by atoms with van der Waals surface area (Å²) in [5.41, 5.74) is 1.26. The molecule has 30 heavy (non-hydrogen) atoms. The van der Waals surface area contributed by atoms with Crippen LogP contribution in [-0.2, 0) is 20.0 Å². The van der Waals surface area contributed by atoms with Crippen molar-refractivity contribution in [3.63, 3.8) is 0 Å². The maximum atomic E-state index is 5.75. The number of hydrogen-bond acceptors (Lipinski definition) is 4. The summed E-state index contributed by atoms with van der Waals surface area (Å²) in [4.78, 5) is 4.80. The van der Waals surface area contributed by atoms with E-state index in [1.54, 1.807) is 0 Å². The van der Waals surface area contributed by atoms with Crippen LogP contribution in [0.3, 0.4) is 0 Å². The molecule has 0 amide bonds. The number of guanidine groups is 1. The predicted octanol–water partition coefficient (Wildman–Crippen LogP) is 3.52. The van der Waals surface area contributed by atoms with Gasteiger partial charge in [-0.1, -0.05) is 38.3 Å². The summed E-state index contributed by atoms with van der Waals surface area (Å²) in [6.07, 6.45) is 8.27. The van der Waals surface area contributed by atoms with E-state index in [0.29, 0.717) is 12.6 Å². The van der Waals surface area contributed by atoms with E-state index in [9.17, 15) is 0 Å². The Bertz CT molecular complexity index is 810. The maximum Gasteiger partial charge on any atom is 0.191 e. The highest BCUT2D eigenvalue weighted by atomic mass is 16.5. The van der Waals surface area contributed by atoms with E-state index < -0.39 is 0 Å². The first-order valence-corrected chi connectivity index (χ1v) is 11.3. The number of nitrogens with zero attached hydrogens (tertiary/aromatic N) is 4. The average molecular weight is 413 g/mol. The highest BCUT2D eigenvalue weighted by Crippen LogP contribution is 2.17. The predicted molar refractivity (Wildman–Crippen MR) is 121 cm³/mol. The smallest absolute Gasteiger partial charge is 0.191 e. The Balaban J connectivity index is 1.58. The monoisotopic (exact) mass is 412 g/mol. The molecule has 1 aromatic heterocycles. The minimum atomic E-state index is 0.497. The Morgan fingerprint density at radius 3 is 2.80 bits per heavy atom. The van der Waals surface area contributed by atoms with Crippen LogP contribution in [-0.4, -0.2) is 39.9 Å². The second-order valence-corrected chi connectivity index (χ2v) is 8.04. The second kappa shape index (κ2) is 11.6. The largest absolute Gasteiger partial charge is 0.494 e. The van der Waals surface area contributed by atoms with Gasteiger partial charge in [-0.15, -0.1) is 10.2 Å². The topological polar surface area (TPSA) is 76.4 Å². The van der Waals surface area contributed by atoms with Gasteiger partial charge in [0, 0.05) is 19.6 Å². The minimum absolute atomic E-state index is 0.497. The molecule has 1 aromatic carbocycles. The molecule has 1 aliphatic rings. The maximum absolute atomic E-state index is 5.75. The fourth-order valence-corrected chi connectivity index (χ4v) is 3.67. The normalized spacial score (nSPS) is 15.2. The third-order valence-corrected chi connectivity index (χ3v) is 5.58. The molecule has 1 fully saturated rings. The number of aromatic nitrogens is 3. The van der Waals surface area contributed by atoms with Crippen molar-refractivity contribution < 1.29 is 4.74 Å². The number of hydrogen-bond donors (Lipinski definition) is 2. The SMILES string of the molecule is CCCOc1cccc(CCNC(=NCc2nnc(C)n2C)NC2CCCCC2)c1. The van der Waals surface area contributed by atoms with Gasteiger partial charge in [-0.3, -0.25) is 0 Å². The summed E-state index contributed by atoms with van der Waals surface area (Å²) in [7, 11) is 1.98. The lowest BCUT2D eigenvalue weighted by Crippen LogP contribution is -2.44. The Hall–Kier alpha value is -2.57. The quantitative estimate of drug-likeness (QED) is 0.487. The molecule has 7 nitrogen and oxygen atoms in total. The fourth-order valence-electron chi connectivity index (χ4n) is 3.67. The van der Waals surface area contributed by atoms with Gasteiger partial charge in [0.2, 0.25) is 0 Å². The Morgan fingerprint density at radius 1 is 1.23 bits per heavy atom. The van der Waals surface area contributed by atoms with Crippen molar-refractivity contribution in [3.05, 3.63) is 41.5 Å². The molecule has 1 aliphatic carbocycles. The number of rotatable bonds is 9. The van der Waals surface area contributed by atoms with Crippen molar-refractivity contribution in [2.24, 2.45) is 12.0 Å². The van der Waals surface area contributed by atoms with Crippen molar-refractivity contribution in [1.29, 1.82) is 0 Å². The van der Waals surface area contributed by atoms with E-state index in [0.717, 1.165) is 49.4 Å². The molecule has 0 atom stereocenters. The zero-order valence-electron chi connectivity index (χ0n) is 18.7. The summed E-state index contributed by atoms with van der Waals surface area (Å²) in [5, 5.41) is 15.5. The van der Waals surface area contributed by atoms with Crippen molar-refractivity contribution >= 4 is 5.96 Å². The number of benzene rings is 1. The highest BCUT2D eigenvalue weighted by molar-refractivity contribution is 5.80. The van der Waals surface area contributed by atoms with Gasteiger partial charge in [0.05, 0.1) is 6.61 Å². The van der Waals surface area contributed by atoms with E-state index in [2.05, 4.69) is 46.0 Å². The fraction of sp³-hybridized carbons (Fsp3) is 0.609. The molecule has 0 saturated heterocycles. The summed E-state index contributed by atoms with van der Waals surface area (Å²) in [6, 6.07) is 8.86. The Kier molecular flexibility index (Phi) is 8.53. The molecule has 0 spiro atoms. The van der Waals surface area contributed by atoms with Crippen molar-refractivity contribution in [2.45, 2.75) is 71.4 Å². The van der Waals surface area contributed by atoms with Gasteiger partial charge < -0.3 is 19.9 Å². The zero-order valence-corrected chi connectivity index (χ0v) is 18.7. The summed E-state index contributed by atoms with van der Waals surface area (Å²) >= 11 is 0. The van der Waals surface area contributed by atoms with Gasteiger partial charge >= 0.3 is 0 Å². The van der Waals surface area contributed by atoms with Crippen LogP contribution < -0.4 is 15.4 Å². The van der Waals surface area contributed by atoms with E-state index in [4.69, 9.17) is 9.73 Å².